The molecule has 3 rings (SSSR count). The summed E-state index contributed by atoms with van der Waals surface area (Å²) in [6.07, 6.45) is 5.17. The Hall–Kier alpha value is -2.69. The van der Waals surface area contributed by atoms with Gasteiger partial charge in [-0.1, -0.05) is 12.1 Å². The van der Waals surface area contributed by atoms with Crippen LogP contribution in [0.2, 0.25) is 0 Å². The molecular formula is C18H19N3O5S2. The number of anilines is 1. The summed E-state index contributed by atoms with van der Waals surface area (Å²) in [5.41, 5.74) is 1.07. The number of nitrogens with one attached hydrogen (secondary N) is 2. The van der Waals surface area contributed by atoms with Gasteiger partial charge in [0.05, 0.1) is 12.8 Å². The average Bonchev–Trinajstić information content (AvgIpc) is 3.41. The number of hydrogen-bond acceptors (Lipinski definition) is 7. The second-order valence-corrected chi connectivity index (χ2v) is 8.91. The summed E-state index contributed by atoms with van der Waals surface area (Å²) >= 11 is 1.11. The average molecular weight is 422 g/mol. The Labute approximate surface area is 166 Å². The molecule has 0 aliphatic heterocycles. The molecule has 0 atom stereocenters. The van der Waals surface area contributed by atoms with Crippen molar-refractivity contribution < 1.29 is 22.2 Å². The molecule has 3 heterocycles. The number of carbonyl (C=O) groups excluding carboxylic acids is 1. The minimum atomic E-state index is -3.64. The van der Waals surface area contributed by atoms with Crippen molar-refractivity contribution in [2.45, 2.75) is 31.0 Å². The highest BCUT2D eigenvalue weighted by atomic mass is 32.2. The molecule has 3 aromatic heterocycles. The van der Waals surface area contributed by atoms with Crippen LogP contribution in [0.1, 0.15) is 35.4 Å². The lowest BCUT2D eigenvalue weighted by atomic mass is 10.2. The summed E-state index contributed by atoms with van der Waals surface area (Å²) in [6, 6.07) is 6.61. The maximum atomic E-state index is 12.4. The van der Waals surface area contributed by atoms with Crippen molar-refractivity contribution in [1.29, 1.82) is 0 Å². The molecule has 0 aromatic carbocycles. The summed E-state index contributed by atoms with van der Waals surface area (Å²) in [7, 11) is -3.64. The topological polar surface area (TPSA) is 114 Å². The van der Waals surface area contributed by atoms with Crippen molar-refractivity contribution >= 4 is 45.1 Å². The third-order valence-electron chi connectivity index (χ3n) is 3.76. The Morgan fingerprint density at radius 1 is 1.29 bits per heavy atom. The highest BCUT2D eigenvalue weighted by Crippen LogP contribution is 2.26. The largest absolute Gasteiger partial charge is 0.468 e. The number of carbonyl (C=O) groups is 1. The van der Waals surface area contributed by atoms with Crippen LogP contribution < -0.4 is 10.0 Å². The molecule has 0 aliphatic carbocycles. The van der Waals surface area contributed by atoms with Crippen LogP contribution in [0.4, 0.5) is 5.69 Å². The third-order valence-corrected chi connectivity index (χ3v) is 6.70. The number of rotatable bonds is 8. The van der Waals surface area contributed by atoms with Crippen molar-refractivity contribution in [2.24, 2.45) is 0 Å². The lowest BCUT2D eigenvalue weighted by Crippen LogP contribution is -2.22. The maximum Gasteiger partial charge on any atom is 0.250 e. The molecule has 2 N–H and O–H groups in total. The molecule has 28 heavy (non-hydrogen) atoms. The van der Waals surface area contributed by atoms with Crippen LogP contribution in [-0.2, 0) is 21.4 Å². The van der Waals surface area contributed by atoms with E-state index in [1.165, 1.54) is 12.3 Å². The molecule has 1 amide bonds. The number of thiophene rings is 1. The number of nitrogens with zero attached hydrogens (tertiary/aromatic N) is 1. The maximum absolute atomic E-state index is 12.4. The summed E-state index contributed by atoms with van der Waals surface area (Å²) < 4.78 is 37.8. The van der Waals surface area contributed by atoms with E-state index in [0.717, 1.165) is 11.3 Å². The van der Waals surface area contributed by atoms with Gasteiger partial charge < -0.3 is 14.3 Å². The van der Waals surface area contributed by atoms with E-state index in [9.17, 15) is 13.2 Å². The van der Waals surface area contributed by atoms with Gasteiger partial charge in [-0.05, 0) is 43.3 Å². The molecule has 3 aromatic rings. The molecule has 8 nitrogen and oxygen atoms in total. The van der Waals surface area contributed by atoms with Gasteiger partial charge in [-0.3, -0.25) is 4.79 Å². The van der Waals surface area contributed by atoms with E-state index in [0.29, 0.717) is 34.2 Å². The summed E-state index contributed by atoms with van der Waals surface area (Å²) in [6.45, 7) is 3.56. The van der Waals surface area contributed by atoms with Gasteiger partial charge in [-0.25, -0.2) is 13.1 Å². The molecule has 0 aliphatic rings. The Morgan fingerprint density at radius 2 is 2.11 bits per heavy atom. The van der Waals surface area contributed by atoms with E-state index in [1.807, 2.05) is 0 Å². The highest BCUT2D eigenvalue weighted by Gasteiger charge is 2.17. The van der Waals surface area contributed by atoms with Crippen molar-refractivity contribution in [3.05, 3.63) is 52.6 Å². The molecule has 0 spiro atoms. The van der Waals surface area contributed by atoms with E-state index in [-0.39, 0.29) is 16.7 Å². The van der Waals surface area contributed by atoms with Gasteiger partial charge in [-0.15, -0.1) is 11.3 Å². The van der Waals surface area contributed by atoms with Crippen LogP contribution in [0.15, 0.2) is 43.7 Å². The van der Waals surface area contributed by atoms with Gasteiger partial charge in [0.25, 0.3) is 0 Å². The number of amides is 1. The van der Waals surface area contributed by atoms with Gasteiger partial charge in [0.1, 0.15) is 21.4 Å². The van der Waals surface area contributed by atoms with E-state index in [4.69, 9.17) is 8.94 Å². The number of aromatic nitrogens is 1. The molecule has 10 heteroatoms. The normalized spacial score (nSPS) is 11.9. The Morgan fingerprint density at radius 3 is 2.82 bits per heavy atom. The van der Waals surface area contributed by atoms with Crippen LogP contribution >= 0.6 is 11.3 Å². The van der Waals surface area contributed by atoms with Crippen molar-refractivity contribution in [1.82, 2.24) is 9.88 Å². The van der Waals surface area contributed by atoms with Crippen molar-refractivity contribution in [3.8, 4) is 0 Å². The second-order valence-electron chi connectivity index (χ2n) is 5.80. The highest BCUT2D eigenvalue weighted by molar-refractivity contribution is 7.91. The first-order valence-electron chi connectivity index (χ1n) is 8.45. The lowest BCUT2D eigenvalue weighted by molar-refractivity contribution is -0.115. The predicted octanol–water partition coefficient (Wildman–Crippen LogP) is 3.63. The quantitative estimate of drug-likeness (QED) is 0.574. The van der Waals surface area contributed by atoms with Crippen LogP contribution in [0.3, 0.4) is 0 Å². The first-order valence-corrected chi connectivity index (χ1v) is 10.7. The van der Waals surface area contributed by atoms with Crippen LogP contribution in [0, 0.1) is 6.92 Å². The van der Waals surface area contributed by atoms with Crippen LogP contribution in [0.25, 0.3) is 12.2 Å². The third kappa shape index (κ3) is 4.77. The standard InChI is InChI=1S/C18H19N3O5S2/c1-3-16(22)20-18-12(2)21-26-15(18)8-6-14-7-9-17(27-14)28(23,24)19-11-13-5-4-10-25-13/h4-10,19H,3,11H2,1-2H3,(H,20,22)/b8-6+. The smallest absolute Gasteiger partial charge is 0.250 e. The van der Waals surface area contributed by atoms with Gasteiger partial charge in [-0.2, -0.15) is 0 Å². The number of sulfonamides is 1. The number of aryl methyl sites for hydroxylation is 1. The fourth-order valence-electron chi connectivity index (χ4n) is 2.26. The van der Waals surface area contributed by atoms with Crippen LogP contribution in [0.5, 0.6) is 0 Å². The lowest BCUT2D eigenvalue weighted by Gasteiger charge is -2.02. The molecule has 0 saturated heterocycles. The van der Waals surface area contributed by atoms with Gasteiger partial charge in [0.2, 0.25) is 15.9 Å². The predicted molar refractivity (Wildman–Crippen MR) is 106 cm³/mol. The molecule has 148 valence electrons. The van der Waals surface area contributed by atoms with E-state index in [1.54, 1.807) is 44.2 Å². The number of hydrogen-bond donors (Lipinski definition) is 2. The Balaban J connectivity index is 1.71. The minimum Gasteiger partial charge on any atom is -0.468 e. The molecule has 0 radical (unpaired) electrons. The molecule has 0 fully saturated rings. The first-order chi connectivity index (χ1) is 13.4. The fraction of sp³-hybridized carbons (Fsp3) is 0.222. The van der Waals surface area contributed by atoms with Gasteiger partial charge in [0, 0.05) is 11.3 Å². The zero-order chi connectivity index (χ0) is 20.1. The van der Waals surface area contributed by atoms with Gasteiger partial charge >= 0.3 is 0 Å². The van der Waals surface area contributed by atoms with Gasteiger partial charge in [0.15, 0.2) is 5.76 Å². The zero-order valence-corrected chi connectivity index (χ0v) is 16.9. The van der Waals surface area contributed by atoms with Crippen molar-refractivity contribution in [2.75, 3.05) is 5.32 Å². The van der Waals surface area contributed by atoms with E-state index < -0.39 is 10.0 Å². The SMILES string of the molecule is CCC(=O)Nc1c(C)noc1/C=C/c1ccc(S(=O)(=O)NCc2ccco2)s1. The molecule has 0 saturated carbocycles. The van der Waals surface area contributed by atoms with Crippen molar-refractivity contribution in [3.63, 3.8) is 0 Å². The summed E-state index contributed by atoms with van der Waals surface area (Å²) in [4.78, 5) is 12.3. The van der Waals surface area contributed by atoms with E-state index >= 15 is 0 Å². The Bertz CT molecular complexity index is 1080. The molecular weight excluding hydrogens is 402 g/mol. The zero-order valence-electron chi connectivity index (χ0n) is 15.3. The Kier molecular flexibility index (Phi) is 6.12. The monoisotopic (exact) mass is 421 g/mol. The molecule has 0 bridgehead atoms. The second kappa shape index (κ2) is 8.55. The fourth-order valence-corrected chi connectivity index (χ4v) is 4.52. The summed E-state index contributed by atoms with van der Waals surface area (Å²) in [5.74, 6) is 0.781. The summed E-state index contributed by atoms with van der Waals surface area (Å²) in [5, 5.41) is 6.60. The molecule has 0 unspecified atom stereocenters. The minimum absolute atomic E-state index is 0.0796. The van der Waals surface area contributed by atoms with Crippen LogP contribution in [-0.4, -0.2) is 19.5 Å². The van der Waals surface area contributed by atoms with E-state index in [2.05, 4.69) is 15.2 Å². The number of furan rings is 1. The first kappa shape index (κ1) is 20.1.